The second-order valence-electron chi connectivity index (χ2n) is 3.47. The zero-order valence-electron chi connectivity index (χ0n) is 9.30. The molecule has 2 N–H and O–H groups in total. The van der Waals surface area contributed by atoms with E-state index in [2.05, 4.69) is 9.97 Å². The van der Waals surface area contributed by atoms with E-state index in [0.29, 0.717) is 6.54 Å². The van der Waals surface area contributed by atoms with Gasteiger partial charge in [-0.05, 0) is 13.8 Å². The van der Waals surface area contributed by atoms with Gasteiger partial charge in [0.2, 0.25) is 0 Å². The van der Waals surface area contributed by atoms with Crippen LogP contribution < -0.4 is 10.5 Å². The molecule has 0 spiro atoms. The average molecular weight is 225 g/mol. The second-order valence-corrected chi connectivity index (χ2v) is 3.47. The van der Waals surface area contributed by atoms with Crippen molar-refractivity contribution < 1.29 is 9.90 Å². The maximum Gasteiger partial charge on any atom is 0.305 e. The van der Waals surface area contributed by atoms with Crippen molar-refractivity contribution in [3.63, 3.8) is 0 Å². The van der Waals surface area contributed by atoms with Crippen molar-refractivity contribution in [3.8, 4) is 0 Å². The Hall–Kier alpha value is -1.85. The Bertz CT molecular complexity index is 416. The summed E-state index contributed by atoms with van der Waals surface area (Å²) in [6.07, 6.45) is 2.90. The van der Waals surface area contributed by atoms with Crippen molar-refractivity contribution >= 4 is 11.8 Å². The Morgan fingerprint density at radius 2 is 2.38 bits per heavy atom. The highest BCUT2D eigenvalue weighted by atomic mass is 16.4. The van der Waals surface area contributed by atoms with E-state index >= 15 is 0 Å². The Morgan fingerprint density at radius 1 is 1.69 bits per heavy atom. The molecule has 88 valence electrons. The first-order chi connectivity index (χ1) is 7.56. The molecule has 0 aliphatic carbocycles. The Balaban J connectivity index is 2.94. The fraction of sp³-hybridized carbons (Fsp3) is 0.500. The minimum atomic E-state index is -0.890. The van der Waals surface area contributed by atoms with Gasteiger partial charge < -0.3 is 15.0 Å². The lowest BCUT2D eigenvalue weighted by Crippen LogP contribution is -2.38. The largest absolute Gasteiger partial charge is 0.481 e. The fourth-order valence-electron chi connectivity index (χ4n) is 1.58. The standard InChI is InChI=1S/C10H15N3O3/c1-3-13(7(2)6-8(14)15)9-10(16)12-5-4-11-9/h4-5,7H,3,6H2,1-2H3,(H,12,16)(H,14,15). The lowest BCUT2D eigenvalue weighted by molar-refractivity contribution is -0.137. The highest BCUT2D eigenvalue weighted by Gasteiger charge is 2.18. The summed E-state index contributed by atoms with van der Waals surface area (Å²) in [4.78, 5) is 30.3. The van der Waals surface area contributed by atoms with E-state index < -0.39 is 5.97 Å². The SMILES string of the molecule is CCN(c1ncc[nH]c1=O)C(C)CC(=O)O. The molecule has 1 heterocycles. The molecule has 1 unspecified atom stereocenters. The molecule has 6 heteroatoms. The Morgan fingerprint density at radius 3 is 2.88 bits per heavy atom. The van der Waals surface area contributed by atoms with Gasteiger partial charge in [-0.3, -0.25) is 9.59 Å². The molecule has 1 aromatic rings. The van der Waals surface area contributed by atoms with Gasteiger partial charge in [0.05, 0.1) is 6.42 Å². The van der Waals surface area contributed by atoms with E-state index in [1.807, 2.05) is 6.92 Å². The van der Waals surface area contributed by atoms with Crippen LogP contribution in [0.3, 0.4) is 0 Å². The lowest BCUT2D eigenvalue weighted by Gasteiger charge is -2.26. The summed E-state index contributed by atoms with van der Waals surface area (Å²) >= 11 is 0. The summed E-state index contributed by atoms with van der Waals surface area (Å²) in [7, 11) is 0. The molecule has 1 rings (SSSR count). The molecule has 0 radical (unpaired) electrons. The molecular formula is C10H15N3O3. The van der Waals surface area contributed by atoms with Crippen molar-refractivity contribution in [2.45, 2.75) is 26.3 Å². The zero-order chi connectivity index (χ0) is 12.1. The first-order valence-corrected chi connectivity index (χ1v) is 5.08. The normalized spacial score (nSPS) is 12.1. The molecule has 16 heavy (non-hydrogen) atoms. The molecule has 0 bridgehead atoms. The van der Waals surface area contributed by atoms with Crippen LogP contribution in [0.25, 0.3) is 0 Å². The fourth-order valence-corrected chi connectivity index (χ4v) is 1.58. The van der Waals surface area contributed by atoms with Crippen molar-refractivity contribution in [1.29, 1.82) is 0 Å². The van der Waals surface area contributed by atoms with Gasteiger partial charge in [-0.15, -0.1) is 0 Å². The summed E-state index contributed by atoms with van der Waals surface area (Å²) in [5, 5.41) is 8.71. The van der Waals surface area contributed by atoms with Gasteiger partial charge in [0.15, 0.2) is 5.82 Å². The molecule has 0 aliphatic rings. The molecular weight excluding hydrogens is 210 g/mol. The second kappa shape index (κ2) is 5.29. The topological polar surface area (TPSA) is 86.3 Å². The number of aromatic amines is 1. The Kier molecular flexibility index (Phi) is 4.04. The monoisotopic (exact) mass is 225 g/mol. The summed E-state index contributed by atoms with van der Waals surface area (Å²) in [5.41, 5.74) is -0.304. The van der Waals surface area contributed by atoms with E-state index in [1.54, 1.807) is 11.8 Å². The summed E-state index contributed by atoms with van der Waals surface area (Å²) in [6.45, 7) is 4.15. The lowest BCUT2D eigenvalue weighted by atomic mass is 10.2. The molecule has 0 saturated carbocycles. The summed E-state index contributed by atoms with van der Waals surface area (Å²) < 4.78 is 0. The molecule has 0 saturated heterocycles. The number of rotatable bonds is 5. The van der Waals surface area contributed by atoms with E-state index in [9.17, 15) is 9.59 Å². The third-order valence-electron chi connectivity index (χ3n) is 2.30. The smallest absolute Gasteiger partial charge is 0.305 e. The Labute approximate surface area is 92.9 Å². The van der Waals surface area contributed by atoms with Crippen LogP contribution in [-0.4, -0.2) is 33.6 Å². The van der Waals surface area contributed by atoms with E-state index in [0.717, 1.165) is 0 Å². The third kappa shape index (κ3) is 2.82. The van der Waals surface area contributed by atoms with Gasteiger partial charge >= 0.3 is 5.97 Å². The molecule has 0 fully saturated rings. The average Bonchev–Trinajstić information content (AvgIpc) is 2.20. The quantitative estimate of drug-likeness (QED) is 0.760. The van der Waals surface area contributed by atoms with Crippen LogP contribution in [0.2, 0.25) is 0 Å². The zero-order valence-corrected chi connectivity index (χ0v) is 9.30. The number of H-pyrrole nitrogens is 1. The van der Waals surface area contributed by atoms with Gasteiger partial charge in [-0.2, -0.15) is 0 Å². The van der Waals surface area contributed by atoms with Gasteiger partial charge in [0.25, 0.3) is 5.56 Å². The van der Waals surface area contributed by atoms with Crippen molar-refractivity contribution in [2.75, 3.05) is 11.4 Å². The maximum atomic E-state index is 11.5. The highest BCUT2D eigenvalue weighted by Crippen LogP contribution is 2.10. The molecule has 0 amide bonds. The summed E-state index contributed by atoms with van der Waals surface area (Å²) in [6, 6.07) is -0.265. The van der Waals surface area contributed by atoms with Crippen molar-refractivity contribution in [2.24, 2.45) is 0 Å². The third-order valence-corrected chi connectivity index (χ3v) is 2.30. The maximum absolute atomic E-state index is 11.5. The number of aliphatic carboxylic acids is 1. The molecule has 1 aromatic heterocycles. The molecule has 6 nitrogen and oxygen atoms in total. The molecule has 0 aliphatic heterocycles. The number of carboxylic acids is 1. The van der Waals surface area contributed by atoms with Crippen LogP contribution in [0.4, 0.5) is 5.82 Å². The number of carboxylic acid groups (broad SMARTS) is 1. The number of hydrogen-bond acceptors (Lipinski definition) is 4. The minimum absolute atomic E-state index is 0.0240. The van der Waals surface area contributed by atoms with Gasteiger partial charge in [-0.25, -0.2) is 4.98 Å². The predicted octanol–water partition coefficient (Wildman–Crippen LogP) is 0.459. The van der Waals surface area contributed by atoms with Crippen LogP contribution in [0, 0.1) is 0 Å². The molecule has 1 atom stereocenters. The highest BCUT2D eigenvalue weighted by molar-refractivity contribution is 5.68. The van der Waals surface area contributed by atoms with E-state index in [1.165, 1.54) is 12.4 Å². The van der Waals surface area contributed by atoms with E-state index in [4.69, 9.17) is 5.11 Å². The minimum Gasteiger partial charge on any atom is -0.481 e. The van der Waals surface area contributed by atoms with Crippen LogP contribution in [-0.2, 0) is 4.79 Å². The van der Waals surface area contributed by atoms with Crippen LogP contribution in [0.5, 0.6) is 0 Å². The van der Waals surface area contributed by atoms with Gasteiger partial charge in [0, 0.05) is 25.0 Å². The number of carbonyl (C=O) groups is 1. The summed E-state index contributed by atoms with van der Waals surface area (Å²) in [5.74, 6) is -0.628. The van der Waals surface area contributed by atoms with Crippen molar-refractivity contribution in [3.05, 3.63) is 22.7 Å². The first kappa shape index (κ1) is 12.2. The number of aromatic nitrogens is 2. The number of hydrogen-bond donors (Lipinski definition) is 2. The number of nitrogens with one attached hydrogen (secondary N) is 1. The van der Waals surface area contributed by atoms with Crippen LogP contribution >= 0.6 is 0 Å². The van der Waals surface area contributed by atoms with Gasteiger partial charge in [-0.1, -0.05) is 0 Å². The van der Waals surface area contributed by atoms with E-state index in [-0.39, 0.29) is 23.8 Å². The number of nitrogens with zero attached hydrogens (tertiary/aromatic N) is 2. The van der Waals surface area contributed by atoms with Crippen molar-refractivity contribution in [1.82, 2.24) is 9.97 Å². The van der Waals surface area contributed by atoms with Crippen LogP contribution in [0.1, 0.15) is 20.3 Å². The first-order valence-electron chi connectivity index (χ1n) is 5.08. The van der Waals surface area contributed by atoms with Crippen LogP contribution in [0.15, 0.2) is 17.2 Å². The number of anilines is 1. The van der Waals surface area contributed by atoms with Gasteiger partial charge in [0.1, 0.15) is 0 Å². The predicted molar refractivity (Wildman–Crippen MR) is 59.6 cm³/mol. The molecule has 0 aromatic carbocycles.